The molecule has 0 aliphatic carbocycles. The Hall–Kier alpha value is -1.45. The van der Waals surface area contributed by atoms with Crippen LogP contribution >= 0.6 is 23.4 Å². The van der Waals surface area contributed by atoms with E-state index in [1.54, 1.807) is 0 Å². The topological polar surface area (TPSA) is 29.1 Å². The summed E-state index contributed by atoms with van der Waals surface area (Å²) in [4.78, 5) is 13.5. The molecule has 0 radical (unpaired) electrons. The van der Waals surface area contributed by atoms with Crippen LogP contribution in [0.3, 0.4) is 0 Å². The number of anilines is 1. The van der Waals surface area contributed by atoms with Gasteiger partial charge in [0.2, 0.25) is 5.91 Å². The number of carbonyl (C=O) groups excluding carboxylic acids is 1. The van der Waals surface area contributed by atoms with Crippen molar-refractivity contribution in [3.05, 3.63) is 59.1 Å². The molecule has 0 unspecified atom stereocenters. The third-order valence-electron chi connectivity index (χ3n) is 3.86. The summed E-state index contributed by atoms with van der Waals surface area (Å²) in [6, 6.07) is 15.6. The molecule has 0 aromatic heterocycles. The van der Waals surface area contributed by atoms with Crippen molar-refractivity contribution in [2.75, 3.05) is 5.32 Å². The van der Waals surface area contributed by atoms with Crippen molar-refractivity contribution in [1.82, 2.24) is 0 Å². The average Bonchev–Trinajstić information content (AvgIpc) is 2.56. The van der Waals surface area contributed by atoms with E-state index in [0.717, 1.165) is 17.0 Å². The zero-order chi connectivity index (χ0) is 16.8. The van der Waals surface area contributed by atoms with E-state index >= 15 is 0 Å². The van der Waals surface area contributed by atoms with Gasteiger partial charge in [0.15, 0.2) is 0 Å². The van der Waals surface area contributed by atoms with Crippen LogP contribution in [0.5, 0.6) is 0 Å². The van der Waals surface area contributed by atoms with Gasteiger partial charge < -0.3 is 5.32 Å². The first kappa shape index (κ1) is 17.9. The molecule has 2 nitrogen and oxygen atoms in total. The Morgan fingerprint density at radius 3 is 2.43 bits per heavy atom. The summed E-state index contributed by atoms with van der Waals surface area (Å²) in [5.41, 5.74) is 2.10. The van der Waals surface area contributed by atoms with Gasteiger partial charge in [0.1, 0.15) is 0 Å². The zero-order valence-electron chi connectivity index (χ0n) is 13.7. The van der Waals surface area contributed by atoms with Crippen LogP contribution in [-0.2, 0) is 4.79 Å². The van der Waals surface area contributed by atoms with Gasteiger partial charge >= 0.3 is 0 Å². The molecule has 23 heavy (non-hydrogen) atoms. The molecule has 1 N–H and O–H groups in total. The monoisotopic (exact) mass is 347 g/mol. The molecule has 0 fully saturated rings. The summed E-state index contributed by atoms with van der Waals surface area (Å²) >= 11 is 7.42. The van der Waals surface area contributed by atoms with Crippen LogP contribution in [0.4, 0.5) is 5.69 Å². The molecule has 2 aromatic carbocycles. The number of rotatable bonds is 6. The lowest BCUT2D eigenvalue weighted by atomic mass is 9.97. The average molecular weight is 348 g/mol. The first-order chi connectivity index (χ1) is 11.0. The summed E-state index contributed by atoms with van der Waals surface area (Å²) in [6.45, 7) is 6.25. The highest BCUT2D eigenvalue weighted by molar-refractivity contribution is 8.00. The molecule has 0 saturated heterocycles. The number of amides is 1. The maximum absolute atomic E-state index is 12.5. The summed E-state index contributed by atoms with van der Waals surface area (Å²) in [5.74, 6) is 0.437. The molecule has 1 amide bonds. The van der Waals surface area contributed by atoms with Crippen molar-refractivity contribution < 1.29 is 4.79 Å². The Labute approximate surface area is 147 Å². The summed E-state index contributed by atoms with van der Waals surface area (Å²) in [6.07, 6.45) is 1.04. The molecular formula is C19H22ClNOS. The second-order valence-electron chi connectivity index (χ2n) is 5.60. The summed E-state index contributed by atoms with van der Waals surface area (Å²) in [7, 11) is 0. The molecule has 2 rings (SSSR count). The maximum atomic E-state index is 12.5. The SMILES string of the molecule is CC[C@H](C)c1ccccc1NC(=O)[C@@H](C)Sc1ccc(Cl)cc1. The number of nitrogens with one attached hydrogen (secondary N) is 1. The molecular weight excluding hydrogens is 326 g/mol. The first-order valence-corrected chi connectivity index (χ1v) is 9.09. The van der Waals surface area contributed by atoms with Gasteiger partial charge in [-0.15, -0.1) is 11.8 Å². The highest BCUT2D eigenvalue weighted by atomic mass is 35.5. The minimum atomic E-state index is -0.179. The lowest BCUT2D eigenvalue weighted by Crippen LogP contribution is -2.23. The Kier molecular flexibility index (Phi) is 6.55. The van der Waals surface area contributed by atoms with E-state index < -0.39 is 0 Å². The second kappa shape index (κ2) is 8.42. The molecule has 0 aliphatic rings. The number of hydrogen-bond acceptors (Lipinski definition) is 2. The second-order valence-corrected chi connectivity index (χ2v) is 7.45. The van der Waals surface area contributed by atoms with Crippen molar-refractivity contribution in [3.63, 3.8) is 0 Å². The highest BCUT2D eigenvalue weighted by Gasteiger charge is 2.17. The van der Waals surface area contributed by atoms with E-state index in [9.17, 15) is 4.79 Å². The predicted molar refractivity (Wildman–Crippen MR) is 101 cm³/mol. The largest absolute Gasteiger partial charge is 0.325 e. The van der Waals surface area contributed by atoms with Crippen LogP contribution < -0.4 is 5.32 Å². The third kappa shape index (κ3) is 5.02. The molecule has 0 saturated carbocycles. The van der Waals surface area contributed by atoms with Crippen LogP contribution in [0.25, 0.3) is 0 Å². The van der Waals surface area contributed by atoms with Crippen LogP contribution in [0, 0.1) is 0 Å². The predicted octanol–water partition coefficient (Wildman–Crippen LogP) is 5.97. The number of halogens is 1. The van der Waals surface area contributed by atoms with E-state index in [-0.39, 0.29) is 11.2 Å². The van der Waals surface area contributed by atoms with E-state index in [4.69, 9.17) is 11.6 Å². The molecule has 122 valence electrons. The van der Waals surface area contributed by atoms with Crippen molar-refractivity contribution >= 4 is 35.0 Å². The smallest absolute Gasteiger partial charge is 0.237 e. The van der Waals surface area contributed by atoms with Gasteiger partial charge in [0.05, 0.1) is 5.25 Å². The maximum Gasteiger partial charge on any atom is 0.237 e. The zero-order valence-corrected chi connectivity index (χ0v) is 15.2. The quantitative estimate of drug-likeness (QED) is 0.652. The van der Waals surface area contributed by atoms with Gasteiger partial charge in [-0.2, -0.15) is 0 Å². The van der Waals surface area contributed by atoms with Crippen molar-refractivity contribution in [2.45, 2.75) is 43.3 Å². The van der Waals surface area contributed by atoms with Gasteiger partial charge in [-0.05, 0) is 55.2 Å². The fraction of sp³-hybridized carbons (Fsp3) is 0.316. The first-order valence-electron chi connectivity index (χ1n) is 7.83. The van der Waals surface area contributed by atoms with Crippen LogP contribution in [-0.4, -0.2) is 11.2 Å². The molecule has 0 bridgehead atoms. The Bertz CT molecular complexity index is 657. The number of benzene rings is 2. The molecule has 0 aliphatic heterocycles. The summed E-state index contributed by atoms with van der Waals surface area (Å²) in [5, 5.41) is 3.59. The fourth-order valence-corrected chi connectivity index (χ4v) is 3.26. The van der Waals surface area contributed by atoms with E-state index in [1.165, 1.54) is 17.3 Å². The van der Waals surface area contributed by atoms with Gasteiger partial charge in [-0.1, -0.05) is 43.6 Å². The fourth-order valence-electron chi connectivity index (χ4n) is 2.27. The number of hydrogen-bond donors (Lipinski definition) is 1. The van der Waals surface area contributed by atoms with E-state index in [2.05, 4.69) is 25.2 Å². The Morgan fingerprint density at radius 1 is 1.13 bits per heavy atom. The molecule has 4 heteroatoms. The van der Waals surface area contributed by atoms with Crippen molar-refractivity contribution in [3.8, 4) is 0 Å². The lowest BCUT2D eigenvalue weighted by Gasteiger charge is -2.17. The number of thioether (sulfide) groups is 1. The Morgan fingerprint density at radius 2 is 1.78 bits per heavy atom. The Balaban J connectivity index is 2.05. The van der Waals surface area contributed by atoms with Crippen LogP contribution in [0.15, 0.2) is 53.4 Å². The molecule has 0 heterocycles. The van der Waals surface area contributed by atoms with E-state index in [0.29, 0.717) is 10.9 Å². The minimum Gasteiger partial charge on any atom is -0.325 e. The van der Waals surface area contributed by atoms with Gasteiger partial charge in [-0.3, -0.25) is 4.79 Å². The van der Waals surface area contributed by atoms with E-state index in [1.807, 2.05) is 49.4 Å². The third-order valence-corrected chi connectivity index (χ3v) is 5.22. The minimum absolute atomic E-state index is 0.0145. The van der Waals surface area contributed by atoms with Gasteiger partial charge in [-0.25, -0.2) is 0 Å². The summed E-state index contributed by atoms with van der Waals surface area (Å²) < 4.78 is 0. The standard InChI is InChI=1S/C19H22ClNOS/c1-4-13(2)17-7-5-6-8-18(17)21-19(22)14(3)23-16-11-9-15(20)10-12-16/h5-14H,4H2,1-3H3,(H,21,22)/t13-,14+/m0/s1. The number of carbonyl (C=O) groups is 1. The number of para-hydroxylation sites is 1. The normalized spacial score (nSPS) is 13.4. The van der Waals surface area contributed by atoms with Crippen LogP contribution in [0.1, 0.15) is 38.7 Å². The molecule has 0 spiro atoms. The van der Waals surface area contributed by atoms with Crippen LogP contribution in [0.2, 0.25) is 5.02 Å². The van der Waals surface area contributed by atoms with Crippen molar-refractivity contribution in [1.29, 1.82) is 0 Å². The molecule has 2 atom stereocenters. The van der Waals surface area contributed by atoms with Gasteiger partial charge in [0, 0.05) is 15.6 Å². The van der Waals surface area contributed by atoms with Gasteiger partial charge in [0.25, 0.3) is 0 Å². The highest BCUT2D eigenvalue weighted by Crippen LogP contribution is 2.29. The molecule has 2 aromatic rings. The lowest BCUT2D eigenvalue weighted by molar-refractivity contribution is -0.115. The van der Waals surface area contributed by atoms with Crippen molar-refractivity contribution in [2.24, 2.45) is 0 Å².